The van der Waals surface area contributed by atoms with Crippen LogP contribution in [-0.4, -0.2) is 17.3 Å². The van der Waals surface area contributed by atoms with E-state index >= 15 is 0 Å². The van der Waals surface area contributed by atoms with Crippen LogP contribution in [0.4, 0.5) is 0 Å². The van der Waals surface area contributed by atoms with E-state index in [2.05, 4.69) is 0 Å². The lowest BCUT2D eigenvalue weighted by molar-refractivity contribution is -0.113. The summed E-state index contributed by atoms with van der Waals surface area (Å²) < 4.78 is 5.64. The van der Waals surface area contributed by atoms with Gasteiger partial charge in [-0.25, -0.2) is 0 Å². The molecule has 2 unspecified atom stereocenters. The van der Waals surface area contributed by atoms with Gasteiger partial charge in [-0.15, -0.1) is 0 Å². The van der Waals surface area contributed by atoms with Crippen LogP contribution in [0.1, 0.15) is 38.9 Å². The second-order valence-corrected chi connectivity index (χ2v) is 5.01. The molecule has 17 heavy (non-hydrogen) atoms. The van der Waals surface area contributed by atoms with Crippen molar-refractivity contribution in [2.45, 2.75) is 38.9 Å². The van der Waals surface area contributed by atoms with Crippen molar-refractivity contribution >= 4 is 23.2 Å². The Morgan fingerprint density at radius 2 is 2.00 bits per heavy atom. The molecule has 0 spiro atoms. The van der Waals surface area contributed by atoms with Gasteiger partial charge in [0, 0.05) is 22.2 Å². The zero-order chi connectivity index (χ0) is 13.1. The SMILES string of the molecule is CCOC(C)(CC)C(O)c1cc(Cl)ccc1Cl. The Morgan fingerprint density at radius 1 is 1.35 bits per heavy atom. The standard InChI is InChI=1S/C13H18Cl2O2/c1-4-13(3,17-5-2)12(16)10-8-9(14)6-7-11(10)15/h6-8,12,16H,4-5H2,1-3H3. The van der Waals surface area contributed by atoms with Gasteiger partial charge >= 0.3 is 0 Å². The fourth-order valence-electron chi connectivity index (χ4n) is 1.76. The third kappa shape index (κ3) is 3.35. The van der Waals surface area contributed by atoms with Crippen LogP contribution in [0.15, 0.2) is 18.2 Å². The molecule has 1 aromatic rings. The first-order chi connectivity index (χ1) is 7.94. The molecule has 0 fully saturated rings. The lowest BCUT2D eigenvalue weighted by Crippen LogP contribution is -2.35. The van der Waals surface area contributed by atoms with Crippen LogP contribution in [0, 0.1) is 0 Å². The molecule has 0 heterocycles. The maximum absolute atomic E-state index is 10.4. The summed E-state index contributed by atoms with van der Waals surface area (Å²) in [5, 5.41) is 11.5. The van der Waals surface area contributed by atoms with Gasteiger partial charge in [0.1, 0.15) is 6.10 Å². The van der Waals surface area contributed by atoms with E-state index in [1.165, 1.54) is 0 Å². The van der Waals surface area contributed by atoms with E-state index in [-0.39, 0.29) is 0 Å². The summed E-state index contributed by atoms with van der Waals surface area (Å²) in [5.41, 5.74) is -0.0414. The second-order valence-electron chi connectivity index (χ2n) is 4.17. The molecule has 96 valence electrons. The van der Waals surface area contributed by atoms with Crippen molar-refractivity contribution in [1.29, 1.82) is 0 Å². The van der Waals surface area contributed by atoms with E-state index in [0.29, 0.717) is 28.6 Å². The van der Waals surface area contributed by atoms with Crippen molar-refractivity contribution in [2.75, 3.05) is 6.61 Å². The summed E-state index contributed by atoms with van der Waals surface area (Å²) in [5.74, 6) is 0. The Labute approximate surface area is 113 Å². The number of aliphatic hydroxyl groups is 1. The fraction of sp³-hybridized carbons (Fsp3) is 0.538. The number of benzene rings is 1. The topological polar surface area (TPSA) is 29.5 Å². The van der Waals surface area contributed by atoms with Gasteiger partial charge in [0.05, 0.1) is 5.60 Å². The van der Waals surface area contributed by atoms with E-state index in [1.54, 1.807) is 18.2 Å². The van der Waals surface area contributed by atoms with Gasteiger partial charge in [-0.2, -0.15) is 0 Å². The van der Waals surface area contributed by atoms with Crippen molar-refractivity contribution < 1.29 is 9.84 Å². The largest absolute Gasteiger partial charge is 0.385 e. The molecule has 0 aromatic heterocycles. The monoisotopic (exact) mass is 276 g/mol. The molecule has 0 bridgehead atoms. The fourth-order valence-corrected chi connectivity index (χ4v) is 2.16. The highest BCUT2D eigenvalue weighted by atomic mass is 35.5. The van der Waals surface area contributed by atoms with Crippen LogP contribution in [0.3, 0.4) is 0 Å². The van der Waals surface area contributed by atoms with Crippen LogP contribution in [-0.2, 0) is 4.74 Å². The van der Waals surface area contributed by atoms with E-state index in [9.17, 15) is 5.11 Å². The lowest BCUT2D eigenvalue weighted by atomic mass is 9.90. The molecule has 0 amide bonds. The van der Waals surface area contributed by atoms with Gasteiger partial charge in [-0.3, -0.25) is 0 Å². The highest BCUT2D eigenvalue weighted by Gasteiger charge is 2.34. The lowest BCUT2D eigenvalue weighted by Gasteiger charge is -2.34. The minimum Gasteiger partial charge on any atom is -0.385 e. The number of aliphatic hydroxyl groups excluding tert-OH is 1. The van der Waals surface area contributed by atoms with E-state index in [0.717, 1.165) is 0 Å². The van der Waals surface area contributed by atoms with Crippen molar-refractivity contribution in [2.24, 2.45) is 0 Å². The molecule has 2 atom stereocenters. The highest BCUT2D eigenvalue weighted by molar-refractivity contribution is 6.33. The van der Waals surface area contributed by atoms with E-state index in [1.807, 2.05) is 20.8 Å². The normalized spacial score (nSPS) is 16.6. The molecule has 0 aliphatic rings. The molecule has 1 N–H and O–H groups in total. The molecule has 1 aromatic carbocycles. The quantitative estimate of drug-likeness (QED) is 0.872. The second kappa shape index (κ2) is 6.05. The van der Waals surface area contributed by atoms with Gasteiger partial charge in [-0.05, 0) is 38.5 Å². The van der Waals surface area contributed by atoms with Crippen LogP contribution < -0.4 is 0 Å². The van der Waals surface area contributed by atoms with E-state index in [4.69, 9.17) is 27.9 Å². The van der Waals surface area contributed by atoms with Crippen molar-refractivity contribution in [3.8, 4) is 0 Å². The smallest absolute Gasteiger partial charge is 0.109 e. The summed E-state index contributed by atoms with van der Waals surface area (Å²) in [4.78, 5) is 0. The van der Waals surface area contributed by atoms with Crippen LogP contribution in [0.2, 0.25) is 10.0 Å². The molecule has 4 heteroatoms. The predicted octanol–water partition coefficient (Wildman–Crippen LogP) is 4.23. The minimum absolute atomic E-state index is 0.501. The van der Waals surface area contributed by atoms with Gasteiger partial charge in [0.2, 0.25) is 0 Å². The zero-order valence-corrected chi connectivity index (χ0v) is 11.8. The Balaban J connectivity index is 3.09. The molecule has 0 saturated carbocycles. The first kappa shape index (κ1) is 14.8. The predicted molar refractivity (Wildman–Crippen MR) is 71.7 cm³/mol. The molecule has 0 aliphatic carbocycles. The number of hydrogen-bond donors (Lipinski definition) is 1. The maximum Gasteiger partial charge on any atom is 0.109 e. The Hall–Kier alpha value is -0.280. The third-order valence-corrected chi connectivity index (χ3v) is 3.59. The van der Waals surface area contributed by atoms with Gasteiger partial charge in [0.25, 0.3) is 0 Å². The van der Waals surface area contributed by atoms with Gasteiger partial charge in [0.15, 0.2) is 0 Å². The van der Waals surface area contributed by atoms with Crippen molar-refractivity contribution in [3.63, 3.8) is 0 Å². The van der Waals surface area contributed by atoms with E-state index < -0.39 is 11.7 Å². The molecule has 0 radical (unpaired) electrons. The van der Waals surface area contributed by atoms with Gasteiger partial charge in [-0.1, -0.05) is 30.1 Å². The number of halogens is 2. The maximum atomic E-state index is 10.4. The number of hydrogen-bond acceptors (Lipinski definition) is 2. The Bertz CT molecular complexity index is 382. The van der Waals surface area contributed by atoms with Crippen LogP contribution in [0.25, 0.3) is 0 Å². The molecular weight excluding hydrogens is 259 g/mol. The van der Waals surface area contributed by atoms with Crippen molar-refractivity contribution in [1.82, 2.24) is 0 Å². The number of ether oxygens (including phenoxy) is 1. The number of rotatable bonds is 5. The molecule has 0 aliphatic heterocycles. The molecule has 0 saturated heterocycles. The van der Waals surface area contributed by atoms with Crippen LogP contribution >= 0.6 is 23.2 Å². The summed E-state index contributed by atoms with van der Waals surface area (Å²) in [6.07, 6.45) is -0.108. The van der Waals surface area contributed by atoms with Crippen molar-refractivity contribution in [3.05, 3.63) is 33.8 Å². The first-order valence-corrected chi connectivity index (χ1v) is 6.47. The molecular formula is C13H18Cl2O2. The Morgan fingerprint density at radius 3 is 2.53 bits per heavy atom. The Kier molecular flexibility index (Phi) is 5.26. The minimum atomic E-state index is -0.793. The van der Waals surface area contributed by atoms with Crippen LogP contribution in [0.5, 0.6) is 0 Å². The first-order valence-electron chi connectivity index (χ1n) is 5.71. The summed E-state index contributed by atoms with van der Waals surface area (Å²) in [7, 11) is 0. The molecule has 1 rings (SSSR count). The third-order valence-electron chi connectivity index (χ3n) is 3.01. The molecule has 2 nitrogen and oxygen atoms in total. The zero-order valence-electron chi connectivity index (χ0n) is 10.3. The summed E-state index contributed by atoms with van der Waals surface area (Å²) in [6.45, 7) is 6.29. The average Bonchev–Trinajstić information content (AvgIpc) is 2.31. The average molecular weight is 277 g/mol. The van der Waals surface area contributed by atoms with Gasteiger partial charge < -0.3 is 9.84 Å². The summed E-state index contributed by atoms with van der Waals surface area (Å²) in [6, 6.07) is 5.07. The highest BCUT2D eigenvalue weighted by Crippen LogP contribution is 2.36. The summed E-state index contributed by atoms with van der Waals surface area (Å²) >= 11 is 12.0.